The lowest BCUT2D eigenvalue weighted by atomic mass is 9.88. The first kappa shape index (κ1) is 21.8. The second kappa shape index (κ2) is 7.48. The van der Waals surface area contributed by atoms with Crippen LogP contribution >= 0.6 is 0 Å². The normalized spacial score (nSPS) is 12.8. The topological polar surface area (TPSA) is 21.9 Å². The summed E-state index contributed by atoms with van der Waals surface area (Å²) in [5.41, 5.74) is 8.36. The Kier molecular flexibility index (Phi) is 4.93. The van der Waals surface area contributed by atoms with Gasteiger partial charge in [-0.15, -0.1) is 0 Å². The molecule has 0 saturated carbocycles. The van der Waals surface area contributed by atoms with Crippen LogP contribution < -0.4 is 4.57 Å². The Balaban J connectivity index is 2.06. The molecule has 5 aromatic rings. The van der Waals surface area contributed by atoms with E-state index in [-0.39, 0.29) is 5.41 Å². The van der Waals surface area contributed by atoms with Gasteiger partial charge in [0.05, 0.1) is 12.5 Å². The van der Waals surface area contributed by atoms with E-state index in [1.807, 2.05) is 0 Å². The van der Waals surface area contributed by atoms with E-state index in [9.17, 15) is 0 Å². The molecule has 0 aliphatic carbocycles. The molecule has 0 aliphatic rings. The number of aromatic nitrogens is 2. The Labute approximate surface area is 196 Å². The number of benzene rings is 3. The molecule has 2 heterocycles. The Hall–Kier alpha value is -3.07. The van der Waals surface area contributed by atoms with Crippen molar-refractivity contribution < 1.29 is 8.98 Å². The van der Waals surface area contributed by atoms with E-state index in [2.05, 4.69) is 119 Å². The zero-order valence-electron chi connectivity index (χ0n) is 21.2. The molecule has 5 rings (SSSR count). The van der Waals surface area contributed by atoms with Gasteiger partial charge >= 0.3 is 0 Å². The molecule has 0 radical (unpaired) electrons. The molecule has 3 heteroatoms. The summed E-state index contributed by atoms with van der Waals surface area (Å²) in [6, 6.07) is 19.6. The summed E-state index contributed by atoms with van der Waals surface area (Å²) < 4.78 is 11.5. The van der Waals surface area contributed by atoms with Crippen molar-refractivity contribution in [2.24, 2.45) is 7.05 Å². The minimum absolute atomic E-state index is 0.0426. The molecule has 0 atom stereocenters. The first-order chi connectivity index (χ1) is 15.6. The highest BCUT2D eigenvalue weighted by Crippen LogP contribution is 2.43. The van der Waals surface area contributed by atoms with E-state index in [0.29, 0.717) is 11.8 Å². The Morgan fingerprint density at radius 1 is 0.848 bits per heavy atom. The number of fused-ring (bicyclic) bond motifs is 4. The summed E-state index contributed by atoms with van der Waals surface area (Å²) in [5, 5.41) is 2.42. The van der Waals surface area contributed by atoms with Gasteiger partial charge in [-0.05, 0) is 56.9 Å². The summed E-state index contributed by atoms with van der Waals surface area (Å²) in [6.07, 6.45) is 0. The largest absolute Gasteiger partial charge is 0.456 e. The highest BCUT2D eigenvalue weighted by atomic mass is 16.3. The van der Waals surface area contributed by atoms with Crippen molar-refractivity contribution >= 4 is 33.0 Å². The number of imidazole rings is 1. The van der Waals surface area contributed by atoms with Gasteiger partial charge in [-0.2, -0.15) is 4.57 Å². The molecule has 3 aromatic carbocycles. The van der Waals surface area contributed by atoms with E-state index in [4.69, 9.17) is 4.42 Å². The average Bonchev–Trinajstić information content (AvgIpc) is 3.27. The van der Waals surface area contributed by atoms with Crippen LogP contribution in [0.15, 0.2) is 59.0 Å². The van der Waals surface area contributed by atoms with Crippen LogP contribution in [0.4, 0.5) is 0 Å². The highest BCUT2D eigenvalue weighted by molar-refractivity contribution is 6.07. The van der Waals surface area contributed by atoms with E-state index >= 15 is 0 Å². The fourth-order valence-electron chi connectivity index (χ4n) is 5.50. The SMILES string of the molecule is CC(C)c1cc2c(oc3ccccc32)c(C(C)C)c1-n1c(C(C)(C)C)[n+](C)c2ccccc21. The minimum atomic E-state index is -0.0426. The van der Waals surface area contributed by atoms with Crippen molar-refractivity contribution in [3.8, 4) is 5.69 Å². The summed E-state index contributed by atoms with van der Waals surface area (Å²) in [4.78, 5) is 0. The maximum Gasteiger partial charge on any atom is 0.267 e. The Morgan fingerprint density at radius 2 is 1.52 bits per heavy atom. The summed E-state index contributed by atoms with van der Waals surface area (Å²) >= 11 is 0. The molecule has 0 bridgehead atoms. The van der Waals surface area contributed by atoms with Crippen molar-refractivity contribution in [3.05, 3.63) is 71.5 Å². The van der Waals surface area contributed by atoms with E-state index in [1.54, 1.807) is 0 Å². The number of nitrogens with zero attached hydrogens (tertiary/aromatic N) is 2. The molecule has 170 valence electrons. The van der Waals surface area contributed by atoms with Crippen LogP contribution in [0.3, 0.4) is 0 Å². The summed E-state index contributed by atoms with van der Waals surface area (Å²) in [7, 11) is 2.20. The number of furan rings is 1. The molecule has 2 aromatic heterocycles. The summed E-state index contributed by atoms with van der Waals surface area (Å²) in [6.45, 7) is 16.1. The van der Waals surface area contributed by atoms with Crippen molar-refractivity contribution in [3.63, 3.8) is 0 Å². The zero-order valence-corrected chi connectivity index (χ0v) is 21.2. The number of para-hydroxylation sites is 3. The number of aryl methyl sites for hydroxylation is 1. The van der Waals surface area contributed by atoms with Crippen LogP contribution in [-0.2, 0) is 12.5 Å². The number of hydrogen-bond acceptors (Lipinski definition) is 1. The zero-order chi connectivity index (χ0) is 23.7. The molecule has 0 fully saturated rings. The van der Waals surface area contributed by atoms with Gasteiger partial charge in [0.15, 0.2) is 11.0 Å². The third kappa shape index (κ3) is 3.20. The molecule has 0 unspecified atom stereocenters. The number of hydrogen-bond donors (Lipinski definition) is 0. The highest BCUT2D eigenvalue weighted by Gasteiger charge is 2.37. The summed E-state index contributed by atoms with van der Waals surface area (Å²) in [5.74, 6) is 1.97. The van der Waals surface area contributed by atoms with E-state index < -0.39 is 0 Å². The lowest BCUT2D eigenvalue weighted by molar-refractivity contribution is -0.657. The molecule has 0 N–H and O–H groups in total. The molecule has 0 spiro atoms. The quantitative estimate of drug-likeness (QED) is 0.262. The second-order valence-electron chi connectivity index (χ2n) is 11.0. The van der Waals surface area contributed by atoms with Crippen molar-refractivity contribution in [1.29, 1.82) is 0 Å². The van der Waals surface area contributed by atoms with Crippen LogP contribution in [0.1, 0.15) is 77.3 Å². The van der Waals surface area contributed by atoms with Crippen LogP contribution in [-0.4, -0.2) is 4.57 Å². The third-order valence-corrected chi connectivity index (χ3v) is 6.81. The third-order valence-electron chi connectivity index (χ3n) is 6.81. The molecular weight excluding hydrogens is 404 g/mol. The van der Waals surface area contributed by atoms with Gasteiger partial charge in [0.2, 0.25) is 0 Å². The predicted octanol–water partition coefficient (Wildman–Crippen LogP) is 7.90. The van der Waals surface area contributed by atoms with Crippen LogP contribution in [0.2, 0.25) is 0 Å². The van der Waals surface area contributed by atoms with Crippen LogP contribution in [0.5, 0.6) is 0 Å². The fraction of sp³-hybridized carbons (Fsp3) is 0.367. The van der Waals surface area contributed by atoms with E-state index in [0.717, 1.165) is 11.2 Å². The lowest BCUT2D eigenvalue weighted by Gasteiger charge is -2.22. The van der Waals surface area contributed by atoms with Crippen molar-refractivity contribution in [2.75, 3.05) is 0 Å². The predicted molar refractivity (Wildman–Crippen MR) is 139 cm³/mol. The number of rotatable bonds is 3. The molecule has 0 amide bonds. The fourth-order valence-corrected chi connectivity index (χ4v) is 5.50. The lowest BCUT2D eigenvalue weighted by Crippen LogP contribution is -2.39. The molecule has 0 saturated heterocycles. The Morgan fingerprint density at radius 3 is 2.18 bits per heavy atom. The van der Waals surface area contributed by atoms with Crippen molar-refractivity contribution in [2.45, 2.75) is 65.7 Å². The van der Waals surface area contributed by atoms with Crippen LogP contribution in [0.25, 0.3) is 38.7 Å². The van der Waals surface area contributed by atoms with Gasteiger partial charge in [0.25, 0.3) is 5.82 Å². The standard InChI is InChI=1S/C30H35N2O/c1-18(2)21-17-22-20-13-9-12-16-25(20)33-28(22)26(19(3)4)27(21)32-24-15-11-10-14-23(24)31(8)29(32)30(5,6)7/h9-19H,1-8H3/q+1. The first-order valence-corrected chi connectivity index (χ1v) is 12.1. The van der Waals surface area contributed by atoms with Gasteiger partial charge in [0.1, 0.15) is 16.9 Å². The average molecular weight is 440 g/mol. The molecular formula is C30H35N2O+. The van der Waals surface area contributed by atoms with Gasteiger partial charge in [0, 0.05) is 21.9 Å². The van der Waals surface area contributed by atoms with Crippen molar-refractivity contribution in [1.82, 2.24) is 4.57 Å². The maximum absolute atomic E-state index is 6.57. The Bertz CT molecular complexity index is 1510. The molecule has 0 aliphatic heterocycles. The minimum Gasteiger partial charge on any atom is -0.456 e. The molecule has 3 nitrogen and oxygen atoms in total. The van der Waals surface area contributed by atoms with Gasteiger partial charge in [-0.25, -0.2) is 4.57 Å². The molecule has 33 heavy (non-hydrogen) atoms. The van der Waals surface area contributed by atoms with Gasteiger partial charge in [-0.3, -0.25) is 0 Å². The first-order valence-electron chi connectivity index (χ1n) is 12.1. The maximum atomic E-state index is 6.57. The van der Waals surface area contributed by atoms with Gasteiger partial charge in [-0.1, -0.05) is 58.0 Å². The smallest absolute Gasteiger partial charge is 0.267 e. The van der Waals surface area contributed by atoms with Gasteiger partial charge < -0.3 is 4.42 Å². The monoisotopic (exact) mass is 439 g/mol. The second-order valence-corrected chi connectivity index (χ2v) is 11.0. The van der Waals surface area contributed by atoms with Crippen LogP contribution in [0, 0.1) is 0 Å². The van der Waals surface area contributed by atoms with E-state index in [1.165, 1.54) is 44.4 Å².